The van der Waals surface area contributed by atoms with E-state index < -0.39 is 0 Å². The van der Waals surface area contributed by atoms with Crippen molar-refractivity contribution in [3.63, 3.8) is 0 Å². The van der Waals surface area contributed by atoms with Gasteiger partial charge in [0.2, 0.25) is 0 Å². The number of pyridine rings is 1. The van der Waals surface area contributed by atoms with E-state index in [-0.39, 0.29) is 18.4 Å². The predicted molar refractivity (Wildman–Crippen MR) is 58.4 cm³/mol. The highest BCUT2D eigenvalue weighted by Crippen LogP contribution is 2.17. The van der Waals surface area contributed by atoms with Crippen LogP contribution in [0.3, 0.4) is 0 Å². The average Bonchev–Trinajstić information content (AvgIpc) is 2.17. The van der Waals surface area contributed by atoms with Crippen molar-refractivity contribution >= 4 is 21.8 Å². The Hall–Kier alpha value is -0.940. The van der Waals surface area contributed by atoms with Gasteiger partial charge in [0.25, 0.3) is 5.91 Å². The predicted octanol–water partition coefficient (Wildman–Crippen LogP) is 0.908. The number of nitrogens with zero attached hydrogens (tertiary/aromatic N) is 2. The lowest BCUT2D eigenvalue weighted by molar-refractivity contribution is 0.0356. The summed E-state index contributed by atoms with van der Waals surface area (Å²) in [7, 11) is 0. The molecule has 0 atom stereocenters. The number of rotatable bonds is 2. The molecule has 0 aliphatic carbocycles. The third kappa shape index (κ3) is 2.18. The van der Waals surface area contributed by atoms with E-state index >= 15 is 0 Å². The maximum absolute atomic E-state index is 11.8. The number of aliphatic hydroxyl groups is 1. The summed E-state index contributed by atoms with van der Waals surface area (Å²) in [6.07, 6.45) is 1.61. The van der Waals surface area contributed by atoms with Crippen molar-refractivity contribution < 1.29 is 9.90 Å². The summed E-state index contributed by atoms with van der Waals surface area (Å²) >= 11 is 3.26. The molecule has 1 aromatic heterocycles. The monoisotopic (exact) mass is 270 g/mol. The summed E-state index contributed by atoms with van der Waals surface area (Å²) in [5, 5.41) is 8.83. The molecule has 1 aliphatic heterocycles. The van der Waals surface area contributed by atoms with Crippen LogP contribution >= 0.6 is 15.9 Å². The number of aliphatic hydroxyl groups excluding tert-OH is 1. The van der Waals surface area contributed by atoms with Crippen LogP contribution in [-0.2, 0) is 0 Å². The maximum Gasteiger partial charge on any atom is 0.272 e. The lowest BCUT2D eigenvalue weighted by atomic mass is 10.0. The van der Waals surface area contributed by atoms with Gasteiger partial charge in [-0.3, -0.25) is 4.79 Å². The van der Waals surface area contributed by atoms with Crippen molar-refractivity contribution in [1.29, 1.82) is 0 Å². The van der Waals surface area contributed by atoms with Crippen molar-refractivity contribution in [2.75, 3.05) is 19.7 Å². The molecule has 0 saturated carbocycles. The highest BCUT2D eigenvalue weighted by Gasteiger charge is 2.30. The van der Waals surface area contributed by atoms with Crippen LogP contribution in [0, 0.1) is 5.92 Å². The number of hydrogen-bond donors (Lipinski definition) is 1. The van der Waals surface area contributed by atoms with Crippen molar-refractivity contribution in [2.24, 2.45) is 5.92 Å². The molecular formula is C10H11BrN2O2. The van der Waals surface area contributed by atoms with Crippen LogP contribution in [0.4, 0.5) is 0 Å². The molecule has 0 aromatic carbocycles. The molecule has 15 heavy (non-hydrogen) atoms. The number of carbonyl (C=O) groups excluding carboxylic acids is 1. The molecule has 2 rings (SSSR count). The van der Waals surface area contributed by atoms with Gasteiger partial charge in [-0.1, -0.05) is 0 Å². The molecule has 0 unspecified atom stereocenters. The molecule has 1 fully saturated rings. The van der Waals surface area contributed by atoms with Crippen LogP contribution in [0.1, 0.15) is 10.5 Å². The molecule has 2 heterocycles. The molecule has 1 aromatic rings. The summed E-state index contributed by atoms with van der Waals surface area (Å²) in [4.78, 5) is 17.5. The van der Waals surface area contributed by atoms with E-state index in [1.54, 1.807) is 23.2 Å². The second-order valence-corrected chi connectivity index (χ2v) is 4.54. The Morgan fingerprint density at radius 3 is 2.87 bits per heavy atom. The second kappa shape index (κ2) is 4.28. The van der Waals surface area contributed by atoms with Gasteiger partial charge in [-0.25, -0.2) is 4.98 Å². The third-order valence-electron chi connectivity index (χ3n) is 2.45. The van der Waals surface area contributed by atoms with Crippen LogP contribution in [-0.4, -0.2) is 40.6 Å². The first-order valence-corrected chi connectivity index (χ1v) is 5.51. The first kappa shape index (κ1) is 10.6. The Kier molecular flexibility index (Phi) is 3.02. The normalized spacial score (nSPS) is 16.3. The van der Waals surface area contributed by atoms with Crippen LogP contribution in [0.15, 0.2) is 22.8 Å². The number of likely N-dealkylation sites (tertiary alicyclic amines) is 1. The minimum absolute atomic E-state index is 0.0628. The Balaban J connectivity index is 2.00. The van der Waals surface area contributed by atoms with Gasteiger partial charge in [0, 0.05) is 36.3 Å². The first-order chi connectivity index (χ1) is 7.20. The molecule has 5 heteroatoms. The molecule has 0 spiro atoms. The van der Waals surface area contributed by atoms with Crippen molar-refractivity contribution in [3.05, 3.63) is 28.5 Å². The van der Waals surface area contributed by atoms with E-state index in [2.05, 4.69) is 20.9 Å². The standard InChI is InChI=1S/C10H11BrN2O2/c11-8-1-2-9(12-3-8)10(15)13-4-7(5-13)6-14/h1-3,7,14H,4-6H2. The SMILES string of the molecule is O=C(c1ccc(Br)cn1)N1CC(CO)C1. The molecule has 0 radical (unpaired) electrons. The molecule has 4 nitrogen and oxygen atoms in total. The zero-order valence-electron chi connectivity index (χ0n) is 8.06. The molecule has 1 N–H and O–H groups in total. The van der Waals surface area contributed by atoms with Crippen molar-refractivity contribution in [1.82, 2.24) is 9.88 Å². The van der Waals surface area contributed by atoms with Crippen LogP contribution < -0.4 is 0 Å². The zero-order valence-corrected chi connectivity index (χ0v) is 9.64. The van der Waals surface area contributed by atoms with Crippen LogP contribution in [0.2, 0.25) is 0 Å². The number of amides is 1. The molecule has 0 bridgehead atoms. The van der Waals surface area contributed by atoms with Gasteiger partial charge >= 0.3 is 0 Å². The number of hydrogen-bond acceptors (Lipinski definition) is 3. The Morgan fingerprint density at radius 2 is 2.33 bits per heavy atom. The molecule has 80 valence electrons. The highest BCUT2D eigenvalue weighted by atomic mass is 79.9. The molecule has 1 aliphatic rings. The van der Waals surface area contributed by atoms with E-state index in [0.29, 0.717) is 18.8 Å². The smallest absolute Gasteiger partial charge is 0.272 e. The second-order valence-electron chi connectivity index (χ2n) is 3.62. The number of aromatic nitrogens is 1. The number of carbonyl (C=O) groups is 1. The van der Waals surface area contributed by atoms with Gasteiger partial charge in [-0.05, 0) is 28.1 Å². The van der Waals surface area contributed by atoms with Crippen molar-refractivity contribution in [3.8, 4) is 0 Å². The van der Waals surface area contributed by atoms with E-state index in [9.17, 15) is 4.79 Å². The summed E-state index contributed by atoms with van der Waals surface area (Å²) in [6.45, 7) is 1.41. The highest BCUT2D eigenvalue weighted by molar-refractivity contribution is 9.10. The quantitative estimate of drug-likeness (QED) is 0.869. The van der Waals surface area contributed by atoms with Crippen LogP contribution in [0.5, 0.6) is 0 Å². The Bertz CT molecular complexity index is 360. The van der Waals surface area contributed by atoms with Gasteiger partial charge in [0.1, 0.15) is 5.69 Å². The van der Waals surface area contributed by atoms with Gasteiger partial charge < -0.3 is 10.0 Å². The fourth-order valence-corrected chi connectivity index (χ4v) is 1.75. The van der Waals surface area contributed by atoms with Gasteiger partial charge in [-0.2, -0.15) is 0 Å². The fourth-order valence-electron chi connectivity index (χ4n) is 1.52. The Labute approximate surface area is 96.1 Å². The Morgan fingerprint density at radius 1 is 1.60 bits per heavy atom. The molecule has 1 saturated heterocycles. The largest absolute Gasteiger partial charge is 0.396 e. The topological polar surface area (TPSA) is 53.4 Å². The zero-order chi connectivity index (χ0) is 10.8. The average molecular weight is 271 g/mol. The van der Waals surface area contributed by atoms with Gasteiger partial charge in [0.15, 0.2) is 0 Å². The fraction of sp³-hybridized carbons (Fsp3) is 0.400. The van der Waals surface area contributed by atoms with Crippen molar-refractivity contribution in [2.45, 2.75) is 0 Å². The molecule has 1 amide bonds. The van der Waals surface area contributed by atoms with E-state index in [1.165, 1.54) is 0 Å². The maximum atomic E-state index is 11.8. The van der Waals surface area contributed by atoms with E-state index in [1.807, 2.05) is 0 Å². The minimum Gasteiger partial charge on any atom is -0.396 e. The lowest BCUT2D eigenvalue weighted by Gasteiger charge is -2.37. The summed E-state index contributed by atoms with van der Waals surface area (Å²) in [5.74, 6) is 0.177. The van der Waals surface area contributed by atoms with Gasteiger partial charge in [-0.15, -0.1) is 0 Å². The van der Waals surface area contributed by atoms with Crippen LogP contribution in [0.25, 0.3) is 0 Å². The summed E-state index contributed by atoms with van der Waals surface area (Å²) < 4.78 is 0.857. The third-order valence-corrected chi connectivity index (χ3v) is 2.92. The lowest BCUT2D eigenvalue weighted by Crippen LogP contribution is -2.51. The molecular weight excluding hydrogens is 260 g/mol. The first-order valence-electron chi connectivity index (χ1n) is 4.72. The summed E-state index contributed by atoms with van der Waals surface area (Å²) in [6, 6.07) is 3.49. The minimum atomic E-state index is -0.0628. The number of halogens is 1. The van der Waals surface area contributed by atoms with Gasteiger partial charge in [0.05, 0.1) is 0 Å². The summed E-state index contributed by atoms with van der Waals surface area (Å²) in [5.41, 5.74) is 0.453. The van der Waals surface area contributed by atoms with E-state index in [4.69, 9.17) is 5.11 Å². The van der Waals surface area contributed by atoms with E-state index in [0.717, 1.165) is 4.47 Å².